The van der Waals surface area contributed by atoms with Crippen LogP contribution in [0.1, 0.15) is 17.3 Å². The van der Waals surface area contributed by atoms with Crippen molar-refractivity contribution in [3.05, 3.63) is 57.1 Å². The number of hydrogen-bond acceptors (Lipinski definition) is 5. The van der Waals surface area contributed by atoms with Gasteiger partial charge in [0.15, 0.2) is 11.5 Å². The standard InChI is InChI=1S/C16H15ClN2O5/c1-3-24-15-8-12(13(19(21)22)9-14(15)23-2)16(20)18-11-6-4-10(17)5-7-11/h4-9H,3H2,1-2H3,(H,18,20). The fraction of sp³-hybridized carbons (Fsp3) is 0.188. The van der Waals surface area contributed by atoms with Crippen molar-refractivity contribution < 1.29 is 19.2 Å². The van der Waals surface area contributed by atoms with Crippen molar-refractivity contribution in [3.63, 3.8) is 0 Å². The lowest BCUT2D eigenvalue weighted by Crippen LogP contribution is -2.14. The number of nitrogens with one attached hydrogen (secondary N) is 1. The second-order valence-electron chi connectivity index (χ2n) is 4.67. The molecule has 0 heterocycles. The molecule has 2 aromatic rings. The lowest BCUT2D eigenvalue weighted by atomic mass is 10.1. The van der Waals surface area contributed by atoms with Crippen molar-refractivity contribution in [1.82, 2.24) is 0 Å². The third kappa shape index (κ3) is 3.94. The van der Waals surface area contributed by atoms with E-state index in [1.807, 2.05) is 0 Å². The van der Waals surface area contributed by atoms with Crippen LogP contribution in [-0.2, 0) is 0 Å². The van der Waals surface area contributed by atoms with Crippen LogP contribution < -0.4 is 14.8 Å². The van der Waals surface area contributed by atoms with E-state index in [9.17, 15) is 14.9 Å². The Bertz CT molecular complexity index is 762. The third-order valence-electron chi connectivity index (χ3n) is 3.13. The van der Waals surface area contributed by atoms with Crippen molar-refractivity contribution in [2.45, 2.75) is 6.92 Å². The first-order chi connectivity index (χ1) is 11.5. The number of carbonyl (C=O) groups excluding carboxylic acids is 1. The normalized spacial score (nSPS) is 10.1. The van der Waals surface area contributed by atoms with Gasteiger partial charge in [-0.2, -0.15) is 0 Å². The van der Waals surface area contributed by atoms with E-state index in [2.05, 4.69) is 5.32 Å². The molecule has 0 fully saturated rings. The number of nitro groups is 1. The number of anilines is 1. The predicted molar refractivity (Wildman–Crippen MR) is 90.2 cm³/mol. The highest BCUT2D eigenvalue weighted by molar-refractivity contribution is 6.30. The largest absolute Gasteiger partial charge is 0.493 e. The van der Waals surface area contributed by atoms with Crippen molar-refractivity contribution in [3.8, 4) is 11.5 Å². The number of carbonyl (C=O) groups is 1. The monoisotopic (exact) mass is 350 g/mol. The van der Waals surface area contributed by atoms with Gasteiger partial charge in [-0.25, -0.2) is 0 Å². The zero-order valence-corrected chi connectivity index (χ0v) is 13.8. The summed E-state index contributed by atoms with van der Waals surface area (Å²) < 4.78 is 10.5. The molecular weight excluding hydrogens is 336 g/mol. The molecular formula is C16H15ClN2O5. The van der Waals surface area contributed by atoms with Crippen LogP contribution in [0.2, 0.25) is 5.02 Å². The summed E-state index contributed by atoms with van der Waals surface area (Å²) in [6.07, 6.45) is 0. The van der Waals surface area contributed by atoms with Crippen LogP contribution >= 0.6 is 11.6 Å². The molecule has 0 bridgehead atoms. The molecule has 1 N–H and O–H groups in total. The number of nitrogens with zero attached hydrogens (tertiary/aromatic N) is 1. The molecule has 0 aliphatic carbocycles. The first-order valence-corrected chi connectivity index (χ1v) is 7.40. The van der Waals surface area contributed by atoms with Crippen LogP contribution in [0.15, 0.2) is 36.4 Å². The Balaban J connectivity index is 2.42. The van der Waals surface area contributed by atoms with E-state index >= 15 is 0 Å². The second kappa shape index (κ2) is 7.65. The average Bonchev–Trinajstić information content (AvgIpc) is 2.56. The minimum Gasteiger partial charge on any atom is -0.493 e. The van der Waals surface area contributed by atoms with E-state index in [-0.39, 0.29) is 22.7 Å². The molecule has 0 aromatic heterocycles. The van der Waals surface area contributed by atoms with Gasteiger partial charge < -0.3 is 14.8 Å². The molecule has 0 radical (unpaired) electrons. The molecule has 2 aromatic carbocycles. The first kappa shape index (κ1) is 17.6. The maximum Gasteiger partial charge on any atom is 0.286 e. The van der Waals surface area contributed by atoms with Gasteiger partial charge in [-0.3, -0.25) is 14.9 Å². The molecule has 0 aliphatic heterocycles. The molecule has 2 rings (SSSR count). The summed E-state index contributed by atoms with van der Waals surface area (Å²) in [5, 5.41) is 14.4. The highest BCUT2D eigenvalue weighted by Gasteiger charge is 2.24. The van der Waals surface area contributed by atoms with Crippen molar-refractivity contribution in [1.29, 1.82) is 0 Å². The Hall–Kier alpha value is -2.80. The SMILES string of the molecule is CCOc1cc(C(=O)Nc2ccc(Cl)cc2)c([N+](=O)[O-])cc1OC. The van der Waals surface area contributed by atoms with Crippen LogP contribution in [0.3, 0.4) is 0 Å². The van der Waals surface area contributed by atoms with E-state index in [1.165, 1.54) is 19.2 Å². The van der Waals surface area contributed by atoms with Crippen molar-refractivity contribution in [2.24, 2.45) is 0 Å². The predicted octanol–water partition coefficient (Wildman–Crippen LogP) is 3.91. The maximum atomic E-state index is 12.4. The highest BCUT2D eigenvalue weighted by Crippen LogP contribution is 2.35. The fourth-order valence-corrected chi connectivity index (χ4v) is 2.17. The molecule has 24 heavy (non-hydrogen) atoms. The second-order valence-corrected chi connectivity index (χ2v) is 5.11. The third-order valence-corrected chi connectivity index (χ3v) is 3.38. The number of benzene rings is 2. The Morgan fingerprint density at radius 3 is 2.46 bits per heavy atom. The minimum atomic E-state index is -0.644. The fourth-order valence-electron chi connectivity index (χ4n) is 2.04. The smallest absolute Gasteiger partial charge is 0.286 e. The van der Waals surface area contributed by atoms with Crippen LogP contribution in [0.5, 0.6) is 11.5 Å². The molecule has 7 nitrogen and oxygen atoms in total. The lowest BCUT2D eigenvalue weighted by Gasteiger charge is -2.12. The van der Waals surface area contributed by atoms with Gasteiger partial charge in [-0.05, 0) is 31.2 Å². The van der Waals surface area contributed by atoms with Gasteiger partial charge in [0.25, 0.3) is 11.6 Å². The molecule has 0 saturated heterocycles. The number of rotatable bonds is 6. The molecule has 0 saturated carbocycles. The topological polar surface area (TPSA) is 90.7 Å². The summed E-state index contributed by atoms with van der Waals surface area (Å²) in [4.78, 5) is 23.1. The van der Waals surface area contributed by atoms with Gasteiger partial charge in [-0.1, -0.05) is 11.6 Å². The van der Waals surface area contributed by atoms with Crippen molar-refractivity contribution >= 4 is 28.9 Å². The zero-order valence-electron chi connectivity index (χ0n) is 13.0. The average molecular weight is 351 g/mol. The van der Waals surface area contributed by atoms with E-state index in [0.717, 1.165) is 0 Å². The molecule has 1 amide bonds. The van der Waals surface area contributed by atoms with E-state index in [1.54, 1.807) is 31.2 Å². The highest BCUT2D eigenvalue weighted by atomic mass is 35.5. The van der Waals surface area contributed by atoms with Gasteiger partial charge in [0.05, 0.1) is 24.7 Å². The van der Waals surface area contributed by atoms with Crippen LogP contribution in [0, 0.1) is 10.1 Å². The summed E-state index contributed by atoms with van der Waals surface area (Å²) in [7, 11) is 1.37. The van der Waals surface area contributed by atoms with Crippen LogP contribution in [0.25, 0.3) is 0 Å². The lowest BCUT2D eigenvalue weighted by molar-refractivity contribution is -0.385. The van der Waals surface area contributed by atoms with E-state index in [0.29, 0.717) is 17.3 Å². The summed E-state index contributed by atoms with van der Waals surface area (Å²) in [6.45, 7) is 2.08. The molecule has 0 aliphatic rings. The quantitative estimate of drug-likeness (QED) is 0.630. The van der Waals surface area contributed by atoms with Gasteiger partial charge in [0.2, 0.25) is 0 Å². The number of halogens is 1. The molecule has 126 valence electrons. The summed E-state index contributed by atoms with van der Waals surface area (Å²) in [5.74, 6) is -0.189. The summed E-state index contributed by atoms with van der Waals surface area (Å²) in [5.41, 5.74) is -0.0338. The number of hydrogen-bond donors (Lipinski definition) is 1. The molecule has 0 atom stereocenters. The van der Waals surface area contributed by atoms with Crippen LogP contribution in [-0.4, -0.2) is 24.5 Å². The summed E-state index contributed by atoms with van der Waals surface area (Å²) in [6, 6.07) is 8.86. The van der Waals surface area contributed by atoms with Gasteiger partial charge >= 0.3 is 0 Å². The number of amides is 1. The number of nitro benzene ring substituents is 1. The van der Waals surface area contributed by atoms with Crippen LogP contribution in [0.4, 0.5) is 11.4 Å². The minimum absolute atomic E-state index is 0.126. The Kier molecular flexibility index (Phi) is 5.59. The van der Waals surface area contributed by atoms with Crippen molar-refractivity contribution in [2.75, 3.05) is 19.0 Å². The van der Waals surface area contributed by atoms with E-state index < -0.39 is 10.8 Å². The maximum absolute atomic E-state index is 12.4. The van der Waals surface area contributed by atoms with E-state index in [4.69, 9.17) is 21.1 Å². The molecule has 0 unspecified atom stereocenters. The Morgan fingerprint density at radius 1 is 1.25 bits per heavy atom. The Labute approximate surface area is 143 Å². The molecule has 0 spiro atoms. The van der Waals surface area contributed by atoms with Gasteiger partial charge in [0.1, 0.15) is 5.56 Å². The molecule has 8 heteroatoms. The first-order valence-electron chi connectivity index (χ1n) is 7.02. The van der Waals surface area contributed by atoms with Gasteiger partial charge in [0, 0.05) is 16.8 Å². The van der Waals surface area contributed by atoms with Gasteiger partial charge in [-0.15, -0.1) is 0 Å². The number of methoxy groups -OCH3 is 1. The Morgan fingerprint density at radius 2 is 1.92 bits per heavy atom. The summed E-state index contributed by atoms with van der Waals surface area (Å²) >= 11 is 5.79. The zero-order chi connectivity index (χ0) is 17.7. The number of ether oxygens (including phenoxy) is 2.